The molecule has 0 heterocycles. The number of hydrogen-bond donors (Lipinski definition) is 0. The number of carbonyl (C=O) groups is 1. The molecule has 0 fully saturated rings. The van der Waals surface area contributed by atoms with E-state index in [-0.39, 0.29) is 22.3 Å². The molecule has 0 aromatic heterocycles. The maximum absolute atomic E-state index is 9.92. The van der Waals surface area contributed by atoms with Crippen LogP contribution in [0.4, 0.5) is 0 Å². The second-order valence-electron chi connectivity index (χ2n) is 7.91. The molecular weight excluding hydrogens is 379 g/mol. The minimum atomic E-state index is -0.920. The zero-order chi connectivity index (χ0) is 21.8. The Morgan fingerprint density at radius 2 is 0.931 bits per heavy atom. The Hall–Kier alpha value is -0.0775. The van der Waals surface area contributed by atoms with Gasteiger partial charge in [-0.15, -0.1) is 0 Å². The molecule has 0 bridgehead atoms. The molecule has 0 unspecified atom stereocenters. The number of aliphatic carboxylic acids is 1. The summed E-state index contributed by atoms with van der Waals surface area (Å²) in [7, 11) is 0. The van der Waals surface area contributed by atoms with Crippen molar-refractivity contribution in [3.63, 3.8) is 0 Å². The molecule has 0 aromatic carbocycles. The topological polar surface area (TPSA) is 58.6 Å². The van der Waals surface area contributed by atoms with Crippen molar-refractivity contribution < 1.29 is 17.5 Å². The summed E-state index contributed by atoms with van der Waals surface area (Å²) >= 11 is -0.210. The van der Waals surface area contributed by atoms with Crippen LogP contribution in [0.3, 0.4) is 0 Å². The third kappa shape index (κ3) is 35.7. The molecule has 0 amide bonds. The van der Waals surface area contributed by atoms with E-state index in [2.05, 4.69) is 20.8 Å². The van der Waals surface area contributed by atoms with Gasteiger partial charge in [0.1, 0.15) is 0 Å². The van der Waals surface area contributed by atoms with Crippen molar-refractivity contribution in [2.24, 2.45) is 0 Å². The van der Waals surface area contributed by atoms with E-state index in [1.54, 1.807) is 0 Å². The van der Waals surface area contributed by atoms with Crippen molar-refractivity contribution in [2.45, 2.75) is 136 Å². The van der Waals surface area contributed by atoms with Crippen LogP contribution in [0.1, 0.15) is 136 Å². The van der Waals surface area contributed by atoms with E-state index in [0.29, 0.717) is 0 Å². The van der Waals surface area contributed by atoms with E-state index < -0.39 is 5.97 Å². The quantitative estimate of drug-likeness (QED) is 0.148. The average Bonchev–Trinajstić information content (AvgIpc) is 2.71. The number of hydrogen-bond acceptors (Lipinski definition) is 4. The summed E-state index contributed by atoms with van der Waals surface area (Å²) in [6.07, 6.45) is 21.6. The Bertz CT molecular complexity index is 285. The van der Waals surface area contributed by atoms with Crippen LogP contribution >= 0.6 is 0 Å². The summed E-state index contributed by atoms with van der Waals surface area (Å²) in [5, 5.41) is 9.92. The van der Waals surface area contributed by atoms with Crippen molar-refractivity contribution in [1.29, 1.82) is 0 Å². The Morgan fingerprint density at radius 3 is 1.31 bits per heavy atom. The zero-order valence-corrected chi connectivity index (χ0v) is 21.0. The monoisotopic (exact) mass is 428 g/mol. The van der Waals surface area contributed by atoms with Gasteiger partial charge in [-0.2, -0.15) is 0 Å². The SMILES string of the molecule is CCCCCCCC(=O)[O-].CCCCCCCC[O][Al+][O]CCCCCCCC. The first kappa shape index (κ1) is 31.1. The van der Waals surface area contributed by atoms with Gasteiger partial charge in [0.05, 0.1) is 0 Å². The summed E-state index contributed by atoms with van der Waals surface area (Å²) in [6.45, 7) is 8.45. The fraction of sp³-hybridized carbons (Fsp3) is 0.958. The fourth-order valence-corrected chi connectivity index (χ4v) is 3.57. The summed E-state index contributed by atoms with van der Waals surface area (Å²) in [4.78, 5) is 9.92. The number of carbonyl (C=O) groups excluding carboxylic acids is 1. The average molecular weight is 429 g/mol. The third-order valence-electron chi connectivity index (χ3n) is 4.85. The molecule has 0 radical (unpaired) electrons. The molecule has 4 nitrogen and oxygen atoms in total. The first-order valence-electron chi connectivity index (χ1n) is 12.4. The number of rotatable bonds is 22. The molecule has 0 aliphatic heterocycles. The van der Waals surface area contributed by atoms with Gasteiger partial charge in [0.15, 0.2) is 0 Å². The van der Waals surface area contributed by atoms with Crippen LogP contribution in [0.25, 0.3) is 0 Å². The number of carboxylic acids is 1. The zero-order valence-electron chi connectivity index (χ0n) is 19.9. The molecule has 172 valence electrons. The van der Waals surface area contributed by atoms with E-state index >= 15 is 0 Å². The Labute approximate surface area is 188 Å². The van der Waals surface area contributed by atoms with E-state index in [1.807, 2.05) is 0 Å². The van der Waals surface area contributed by atoms with E-state index in [0.717, 1.165) is 32.5 Å². The van der Waals surface area contributed by atoms with Crippen molar-refractivity contribution in [3.05, 3.63) is 0 Å². The van der Waals surface area contributed by atoms with Gasteiger partial charge >= 0.3 is 128 Å². The summed E-state index contributed by atoms with van der Waals surface area (Å²) in [6, 6.07) is 0. The summed E-state index contributed by atoms with van der Waals surface area (Å²) < 4.78 is 11.1. The van der Waals surface area contributed by atoms with Crippen LogP contribution in [0, 0.1) is 0 Å². The molecule has 0 rings (SSSR count). The van der Waals surface area contributed by atoms with Crippen molar-refractivity contribution in [1.82, 2.24) is 0 Å². The van der Waals surface area contributed by atoms with Gasteiger partial charge in [-0.1, -0.05) is 32.6 Å². The molecule has 5 heteroatoms. The predicted octanol–water partition coefficient (Wildman–Crippen LogP) is 6.37. The standard InChI is InChI=1S/C8H16O2.2C8H17O.Al/c1-2-3-4-5-6-7-8(9)10;2*1-2-3-4-5-6-7-8-9;/h2-7H2,1H3,(H,9,10);2*2-8H2,1H3;/q;2*-1;+3/p-1. The van der Waals surface area contributed by atoms with Crippen LogP contribution in [-0.4, -0.2) is 35.1 Å². The minimum absolute atomic E-state index is 0.210. The van der Waals surface area contributed by atoms with Crippen LogP contribution < -0.4 is 5.11 Å². The number of carboxylic acid groups (broad SMARTS) is 1. The van der Waals surface area contributed by atoms with E-state index in [9.17, 15) is 9.90 Å². The van der Waals surface area contributed by atoms with Crippen LogP contribution in [0.15, 0.2) is 0 Å². The fourth-order valence-electron chi connectivity index (χ4n) is 2.95. The van der Waals surface area contributed by atoms with Crippen LogP contribution in [0.5, 0.6) is 0 Å². The predicted molar refractivity (Wildman–Crippen MR) is 123 cm³/mol. The van der Waals surface area contributed by atoms with Gasteiger partial charge in [-0.25, -0.2) is 0 Å². The van der Waals surface area contributed by atoms with Gasteiger partial charge in [0.25, 0.3) is 0 Å². The first-order valence-corrected chi connectivity index (χ1v) is 13.4. The van der Waals surface area contributed by atoms with Crippen LogP contribution in [0.2, 0.25) is 0 Å². The Balaban J connectivity index is 0. The third-order valence-corrected chi connectivity index (χ3v) is 5.60. The molecule has 0 N–H and O–H groups in total. The van der Waals surface area contributed by atoms with E-state index in [4.69, 9.17) is 7.58 Å². The second-order valence-corrected chi connectivity index (χ2v) is 8.77. The van der Waals surface area contributed by atoms with Gasteiger partial charge in [0, 0.05) is 5.97 Å². The summed E-state index contributed by atoms with van der Waals surface area (Å²) in [5.41, 5.74) is 0. The van der Waals surface area contributed by atoms with Crippen LogP contribution in [-0.2, 0) is 12.4 Å². The normalized spacial score (nSPS) is 10.3. The van der Waals surface area contributed by atoms with Gasteiger partial charge in [-0.3, -0.25) is 0 Å². The molecule has 0 saturated heterocycles. The molecular formula is C24H49AlO4. The molecule has 0 aliphatic carbocycles. The molecule has 0 spiro atoms. The van der Waals surface area contributed by atoms with Crippen molar-refractivity contribution >= 4 is 21.9 Å². The van der Waals surface area contributed by atoms with E-state index in [1.165, 1.54) is 89.9 Å². The molecule has 0 atom stereocenters. The van der Waals surface area contributed by atoms with Gasteiger partial charge in [0.2, 0.25) is 0 Å². The Morgan fingerprint density at radius 1 is 0.586 bits per heavy atom. The maximum atomic E-state index is 9.92. The molecule has 0 saturated carbocycles. The molecule has 0 aromatic rings. The second kappa shape index (κ2) is 30.1. The number of unbranched alkanes of at least 4 members (excludes halogenated alkanes) is 14. The summed E-state index contributed by atoms with van der Waals surface area (Å²) in [5.74, 6) is -0.920. The molecule has 29 heavy (non-hydrogen) atoms. The van der Waals surface area contributed by atoms with Gasteiger partial charge < -0.3 is 9.90 Å². The van der Waals surface area contributed by atoms with Crippen molar-refractivity contribution in [3.8, 4) is 0 Å². The van der Waals surface area contributed by atoms with Crippen molar-refractivity contribution in [2.75, 3.05) is 13.2 Å². The molecule has 0 aliphatic rings. The van der Waals surface area contributed by atoms with Gasteiger partial charge in [-0.05, 0) is 12.8 Å². The first-order chi connectivity index (χ1) is 14.2. The Kier molecular flexibility index (Phi) is 32.3.